The van der Waals surface area contributed by atoms with Crippen molar-refractivity contribution in [1.29, 1.82) is 0 Å². The molecule has 5 heteroatoms. The van der Waals surface area contributed by atoms with E-state index in [9.17, 15) is 0 Å². The van der Waals surface area contributed by atoms with Gasteiger partial charge in [-0.1, -0.05) is 48.0 Å². The van der Waals surface area contributed by atoms with Crippen LogP contribution in [0.15, 0.2) is 81.8 Å². The molecule has 0 bridgehead atoms. The van der Waals surface area contributed by atoms with Crippen molar-refractivity contribution in [2.24, 2.45) is 0 Å². The molecule has 2 atom stereocenters. The zero-order valence-electron chi connectivity index (χ0n) is 15.3. The number of hydrogen-bond acceptors (Lipinski definition) is 5. The molecule has 0 aliphatic rings. The van der Waals surface area contributed by atoms with Crippen molar-refractivity contribution in [2.75, 3.05) is 0 Å². The molecule has 0 aliphatic heterocycles. The normalized spacial score (nSPS) is 13.4. The summed E-state index contributed by atoms with van der Waals surface area (Å²) in [6.07, 6.45) is 1.68. The minimum absolute atomic E-state index is 0.106. The van der Waals surface area contributed by atoms with Crippen LogP contribution in [-0.2, 0) is 0 Å². The van der Waals surface area contributed by atoms with Gasteiger partial charge in [-0.25, -0.2) is 0 Å². The summed E-state index contributed by atoms with van der Waals surface area (Å²) < 4.78 is 11.6. The van der Waals surface area contributed by atoms with Gasteiger partial charge in [0, 0.05) is 5.56 Å². The predicted octanol–water partition coefficient (Wildman–Crippen LogP) is 5.08. The zero-order chi connectivity index (χ0) is 18.6. The standard InChI is InChI=1S/C22H21N3O2/c1-15-8-6-11-18(14-15)22-25-24-21(27-22)16(2)23-20(19-12-7-13-26-19)17-9-4-3-5-10-17/h3-14,16,20,23H,1-2H3/t16-,20-/m1/s1. The summed E-state index contributed by atoms with van der Waals surface area (Å²) in [6, 6.07) is 21.8. The minimum atomic E-state index is -0.147. The van der Waals surface area contributed by atoms with E-state index in [1.807, 2.05) is 68.4 Å². The third kappa shape index (κ3) is 3.83. The van der Waals surface area contributed by atoms with Crippen LogP contribution in [0.25, 0.3) is 11.5 Å². The van der Waals surface area contributed by atoms with Crippen LogP contribution in [0.1, 0.15) is 41.8 Å². The van der Waals surface area contributed by atoms with Crippen molar-refractivity contribution in [1.82, 2.24) is 15.5 Å². The maximum atomic E-state index is 5.93. The summed E-state index contributed by atoms with van der Waals surface area (Å²) in [7, 11) is 0. The van der Waals surface area contributed by atoms with Crippen LogP contribution < -0.4 is 5.32 Å². The number of benzene rings is 2. The molecular formula is C22H21N3O2. The lowest BCUT2D eigenvalue weighted by atomic mass is 10.0. The zero-order valence-corrected chi connectivity index (χ0v) is 15.3. The lowest BCUT2D eigenvalue weighted by Crippen LogP contribution is -2.25. The first-order valence-electron chi connectivity index (χ1n) is 8.95. The maximum Gasteiger partial charge on any atom is 0.247 e. The second kappa shape index (κ2) is 7.60. The van der Waals surface area contributed by atoms with Crippen molar-refractivity contribution < 1.29 is 8.83 Å². The summed E-state index contributed by atoms with van der Waals surface area (Å²) in [5.74, 6) is 1.90. The van der Waals surface area contributed by atoms with Crippen LogP contribution >= 0.6 is 0 Å². The molecule has 4 rings (SSSR count). The average Bonchev–Trinajstić information content (AvgIpc) is 3.39. The fourth-order valence-electron chi connectivity index (χ4n) is 3.07. The highest BCUT2D eigenvalue weighted by Crippen LogP contribution is 2.27. The van der Waals surface area contributed by atoms with Crippen molar-refractivity contribution in [3.05, 3.63) is 95.8 Å². The van der Waals surface area contributed by atoms with Crippen LogP contribution in [0.4, 0.5) is 0 Å². The predicted molar refractivity (Wildman–Crippen MR) is 103 cm³/mol. The first-order chi connectivity index (χ1) is 13.2. The second-order valence-corrected chi connectivity index (χ2v) is 6.56. The number of aromatic nitrogens is 2. The van der Waals surface area contributed by atoms with Gasteiger partial charge in [0.2, 0.25) is 11.8 Å². The summed E-state index contributed by atoms with van der Waals surface area (Å²) in [5.41, 5.74) is 3.18. The van der Waals surface area contributed by atoms with Gasteiger partial charge in [-0.05, 0) is 43.7 Å². The van der Waals surface area contributed by atoms with E-state index in [1.54, 1.807) is 6.26 Å². The Hall–Kier alpha value is -3.18. The summed E-state index contributed by atoms with van der Waals surface area (Å²) in [6.45, 7) is 4.05. The molecule has 0 radical (unpaired) electrons. The SMILES string of the molecule is Cc1cccc(-c2nnc([C@@H](C)N[C@H](c3ccccc3)c3ccco3)o2)c1. The molecule has 4 aromatic rings. The van der Waals surface area contributed by atoms with Crippen LogP contribution in [-0.4, -0.2) is 10.2 Å². The Balaban J connectivity index is 1.58. The fraction of sp³-hybridized carbons (Fsp3) is 0.182. The summed E-state index contributed by atoms with van der Waals surface area (Å²) in [5, 5.41) is 12.0. The molecule has 0 amide bonds. The van der Waals surface area contributed by atoms with E-state index in [1.165, 1.54) is 0 Å². The van der Waals surface area contributed by atoms with E-state index < -0.39 is 0 Å². The van der Waals surface area contributed by atoms with E-state index in [2.05, 4.69) is 27.6 Å². The quantitative estimate of drug-likeness (QED) is 0.520. The lowest BCUT2D eigenvalue weighted by molar-refractivity contribution is 0.372. The highest BCUT2D eigenvalue weighted by atomic mass is 16.4. The molecule has 2 aromatic carbocycles. The van der Waals surface area contributed by atoms with Crippen molar-refractivity contribution in [2.45, 2.75) is 25.9 Å². The van der Waals surface area contributed by atoms with Gasteiger partial charge in [-0.3, -0.25) is 5.32 Å². The van der Waals surface area contributed by atoms with E-state index >= 15 is 0 Å². The van der Waals surface area contributed by atoms with Crippen LogP contribution in [0.5, 0.6) is 0 Å². The molecule has 0 unspecified atom stereocenters. The Morgan fingerprint density at radius 2 is 1.78 bits per heavy atom. The van der Waals surface area contributed by atoms with Crippen molar-refractivity contribution >= 4 is 0 Å². The van der Waals surface area contributed by atoms with Gasteiger partial charge < -0.3 is 8.83 Å². The molecule has 27 heavy (non-hydrogen) atoms. The van der Waals surface area contributed by atoms with Gasteiger partial charge in [0.15, 0.2) is 0 Å². The maximum absolute atomic E-state index is 5.93. The molecule has 2 heterocycles. The Labute approximate surface area is 158 Å². The van der Waals surface area contributed by atoms with E-state index in [-0.39, 0.29) is 12.1 Å². The highest BCUT2D eigenvalue weighted by molar-refractivity contribution is 5.53. The van der Waals surface area contributed by atoms with Gasteiger partial charge >= 0.3 is 0 Å². The molecule has 1 N–H and O–H groups in total. The monoisotopic (exact) mass is 359 g/mol. The Kier molecular flexibility index (Phi) is 4.85. The number of rotatable bonds is 6. The number of aryl methyl sites for hydroxylation is 1. The summed E-state index contributed by atoms with van der Waals surface area (Å²) >= 11 is 0. The first-order valence-corrected chi connectivity index (χ1v) is 8.95. The van der Waals surface area contributed by atoms with Gasteiger partial charge in [-0.2, -0.15) is 0 Å². The van der Waals surface area contributed by atoms with Gasteiger partial charge in [0.25, 0.3) is 0 Å². The Bertz CT molecular complexity index is 993. The Morgan fingerprint density at radius 3 is 2.52 bits per heavy atom. The van der Waals surface area contributed by atoms with Crippen molar-refractivity contribution in [3.8, 4) is 11.5 Å². The van der Waals surface area contributed by atoms with Crippen LogP contribution in [0, 0.1) is 6.92 Å². The third-order valence-electron chi connectivity index (χ3n) is 4.45. The largest absolute Gasteiger partial charge is 0.467 e. The Morgan fingerprint density at radius 1 is 0.926 bits per heavy atom. The van der Waals surface area contributed by atoms with Gasteiger partial charge in [-0.15, -0.1) is 10.2 Å². The van der Waals surface area contributed by atoms with Gasteiger partial charge in [0.05, 0.1) is 18.3 Å². The highest BCUT2D eigenvalue weighted by Gasteiger charge is 2.23. The topological polar surface area (TPSA) is 64.1 Å². The third-order valence-corrected chi connectivity index (χ3v) is 4.45. The lowest BCUT2D eigenvalue weighted by Gasteiger charge is -2.20. The van der Waals surface area contributed by atoms with E-state index in [4.69, 9.17) is 8.83 Å². The molecule has 0 fully saturated rings. The molecular weight excluding hydrogens is 338 g/mol. The number of furan rings is 1. The number of nitrogens with one attached hydrogen (secondary N) is 1. The van der Waals surface area contributed by atoms with E-state index in [0.717, 1.165) is 22.5 Å². The van der Waals surface area contributed by atoms with Crippen LogP contribution in [0.3, 0.4) is 0 Å². The molecule has 136 valence electrons. The first kappa shape index (κ1) is 17.2. The molecule has 0 aliphatic carbocycles. The average molecular weight is 359 g/mol. The second-order valence-electron chi connectivity index (χ2n) is 6.56. The number of hydrogen-bond donors (Lipinski definition) is 1. The van der Waals surface area contributed by atoms with Crippen LogP contribution in [0.2, 0.25) is 0 Å². The minimum Gasteiger partial charge on any atom is -0.467 e. The number of nitrogens with zero attached hydrogens (tertiary/aromatic N) is 2. The van der Waals surface area contributed by atoms with Gasteiger partial charge in [0.1, 0.15) is 5.76 Å². The van der Waals surface area contributed by atoms with Crippen molar-refractivity contribution in [3.63, 3.8) is 0 Å². The molecule has 0 spiro atoms. The fourth-order valence-corrected chi connectivity index (χ4v) is 3.07. The van der Waals surface area contributed by atoms with E-state index in [0.29, 0.717) is 11.8 Å². The molecule has 0 saturated carbocycles. The molecule has 5 nitrogen and oxygen atoms in total. The smallest absolute Gasteiger partial charge is 0.247 e. The summed E-state index contributed by atoms with van der Waals surface area (Å²) in [4.78, 5) is 0. The molecule has 0 saturated heterocycles. The molecule has 2 aromatic heterocycles.